The fourth-order valence-corrected chi connectivity index (χ4v) is 8.23. The number of thioether (sulfide) groups is 4. The maximum atomic E-state index is 5.85. The van der Waals surface area contributed by atoms with Crippen LogP contribution >= 0.6 is 47.0 Å². The highest BCUT2D eigenvalue weighted by atomic mass is 32.2. The van der Waals surface area contributed by atoms with Gasteiger partial charge in [0.15, 0.2) is 0 Å². The van der Waals surface area contributed by atoms with E-state index in [4.69, 9.17) is 18.9 Å². The Bertz CT molecular complexity index is 468. The Morgan fingerprint density at radius 1 is 0.692 bits per heavy atom. The third-order valence-electron chi connectivity index (χ3n) is 4.61. The minimum Gasteiger partial charge on any atom is -0.340 e. The van der Waals surface area contributed by atoms with Gasteiger partial charge in [-0.1, -0.05) is 51.2 Å². The van der Waals surface area contributed by atoms with Crippen LogP contribution < -0.4 is 0 Å². The van der Waals surface area contributed by atoms with Gasteiger partial charge in [-0.15, -0.1) is 11.8 Å². The first-order valence-corrected chi connectivity index (χ1v) is 13.3. The largest absolute Gasteiger partial charge is 0.340 e. The highest BCUT2D eigenvalue weighted by Gasteiger charge is 2.49. The third kappa shape index (κ3) is 5.43. The second-order valence-electron chi connectivity index (χ2n) is 7.41. The summed E-state index contributed by atoms with van der Waals surface area (Å²) in [4.78, 5) is 0. The predicted octanol–water partition coefficient (Wildman–Crippen LogP) is 4.67. The van der Waals surface area contributed by atoms with Crippen LogP contribution in [0.15, 0.2) is 0 Å². The molecule has 0 amide bonds. The van der Waals surface area contributed by atoms with E-state index in [9.17, 15) is 0 Å². The fourth-order valence-electron chi connectivity index (χ4n) is 3.27. The maximum Gasteiger partial charge on any atom is 0.230 e. The van der Waals surface area contributed by atoms with E-state index in [2.05, 4.69) is 34.6 Å². The average Bonchev–Trinajstić information content (AvgIpc) is 3.09. The van der Waals surface area contributed by atoms with Crippen molar-refractivity contribution in [1.82, 2.24) is 0 Å². The summed E-state index contributed by atoms with van der Waals surface area (Å²) in [6, 6.07) is 0. The first-order valence-electron chi connectivity index (χ1n) is 9.51. The monoisotopic (exact) mass is 440 g/mol. The first-order chi connectivity index (χ1) is 12.3. The lowest BCUT2D eigenvalue weighted by Crippen LogP contribution is -2.44. The van der Waals surface area contributed by atoms with Crippen LogP contribution in [0.3, 0.4) is 0 Å². The minimum absolute atomic E-state index is 0.294. The van der Waals surface area contributed by atoms with Gasteiger partial charge in [-0.05, 0) is 12.7 Å². The van der Waals surface area contributed by atoms with Crippen LogP contribution in [-0.4, -0.2) is 68.7 Å². The van der Waals surface area contributed by atoms with Gasteiger partial charge in [-0.3, -0.25) is 0 Å². The molecule has 8 heteroatoms. The molecule has 2 spiro atoms. The Labute approximate surface area is 175 Å². The van der Waals surface area contributed by atoms with Gasteiger partial charge in [-0.2, -0.15) is 11.8 Å². The highest BCUT2D eigenvalue weighted by molar-refractivity contribution is 8.05. The molecule has 4 heterocycles. The maximum absolute atomic E-state index is 5.85. The Morgan fingerprint density at radius 3 is 1.85 bits per heavy atom. The smallest absolute Gasteiger partial charge is 0.230 e. The van der Waals surface area contributed by atoms with Crippen LogP contribution in [0, 0.1) is 0 Å². The molecule has 7 unspecified atom stereocenters. The second-order valence-corrected chi connectivity index (χ2v) is 14.0. The van der Waals surface area contributed by atoms with Crippen LogP contribution in [0.5, 0.6) is 0 Å². The van der Waals surface area contributed by atoms with E-state index in [0.717, 1.165) is 38.6 Å². The van der Waals surface area contributed by atoms with Crippen molar-refractivity contribution in [3.63, 3.8) is 0 Å². The molecule has 0 radical (unpaired) electrons. The van der Waals surface area contributed by atoms with Crippen molar-refractivity contribution in [2.45, 2.75) is 77.5 Å². The number of rotatable bonds is 0. The molecular weight excluding hydrogens is 408 g/mol. The fraction of sp³-hybridized carbons (Fsp3) is 1.00. The lowest BCUT2D eigenvalue weighted by molar-refractivity contribution is -0.161. The Hall–Kier alpha value is 1.24. The van der Waals surface area contributed by atoms with Crippen molar-refractivity contribution in [3.8, 4) is 0 Å². The van der Waals surface area contributed by atoms with Gasteiger partial charge in [0.1, 0.15) is 0 Å². The van der Waals surface area contributed by atoms with Crippen LogP contribution in [0.2, 0.25) is 0 Å². The predicted molar refractivity (Wildman–Crippen MR) is 116 cm³/mol. The molecule has 0 aromatic heterocycles. The van der Waals surface area contributed by atoms with E-state index in [1.807, 2.05) is 47.0 Å². The van der Waals surface area contributed by atoms with E-state index in [1.54, 1.807) is 0 Å². The van der Waals surface area contributed by atoms with Crippen molar-refractivity contribution in [1.29, 1.82) is 0 Å². The average molecular weight is 441 g/mol. The zero-order valence-electron chi connectivity index (χ0n) is 16.4. The lowest BCUT2D eigenvalue weighted by Gasteiger charge is -2.39. The van der Waals surface area contributed by atoms with Crippen LogP contribution in [0.4, 0.5) is 0 Å². The molecule has 0 bridgehead atoms. The van der Waals surface area contributed by atoms with Gasteiger partial charge in [0.2, 0.25) is 10.2 Å². The van der Waals surface area contributed by atoms with Gasteiger partial charge in [0.25, 0.3) is 0 Å². The molecule has 26 heavy (non-hydrogen) atoms. The molecule has 0 aliphatic carbocycles. The molecule has 4 fully saturated rings. The highest BCUT2D eigenvalue weighted by Crippen LogP contribution is 2.49. The van der Waals surface area contributed by atoms with Crippen molar-refractivity contribution in [2.75, 3.05) is 32.2 Å². The molecule has 4 aliphatic heterocycles. The van der Waals surface area contributed by atoms with Gasteiger partial charge in [0, 0.05) is 27.4 Å². The number of ether oxygens (including phenoxy) is 4. The minimum atomic E-state index is -0.337. The summed E-state index contributed by atoms with van der Waals surface area (Å²) in [5.74, 6) is 1.15. The Balaban J connectivity index is 0.000000151. The summed E-state index contributed by atoms with van der Waals surface area (Å²) in [5, 5.41) is 2.16. The third-order valence-corrected chi connectivity index (χ3v) is 10.0. The molecule has 4 saturated heterocycles. The summed E-state index contributed by atoms with van der Waals surface area (Å²) in [6.45, 7) is 14.3. The molecule has 0 N–H and O–H groups in total. The molecule has 152 valence electrons. The van der Waals surface area contributed by atoms with Crippen LogP contribution in [-0.2, 0) is 18.9 Å². The van der Waals surface area contributed by atoms with E-state index in [1.165, 1.54) is 0 Å². The molecule has 0 aromatic rings. The van der Waals surface area contributed by atoms with Gasteiger partial charge in [-0.25, -0.2) is 0 Å². The van der Waals surface area contributed by atoms with E-state index in [0.29, 0.717) is 26.2 Å². The molecule has 4 aliphatic rings. The zero-order chi connectivity index (χ0) is 18.8. The van der Waals surface area contributed by atoms with E-state index in [-0.39, 0.29) is 10.2 Å². The number of hydrogen-bond acceptors (Lipinski definition) is 8. The second kappa shape index (κ2) is 9.37. The molecule has 4 rings (SSSR count). The van der Waals surface area contributed by atoms with E-state index < -0.39 is 0 Å². The van der Waals surface area contributed by atoms with Crippen molar-refractivity contribution in [2.24, 2.45) is 0 Å². The van der Waals surface area contributed by atoms with Gasteiger partial charge >= 0.3 is 0 Å². The van der Waals surface area contributed by atoms with Crippen molar-refractivity contribution in [3.05, 3.63) is 0 Å². The number of hydrogen-bond donors (Lipinski definition) is 0. The van der Waals surface area contributed by atoms with Gasteiger partial charge < -0.3 is 18.9 Å². The first kappa shape index (κ1) is 21.9. The summed E-state index contributed by atoms with van der Waals surface area (Å²) >= 11 is 7.63. The quantitative estimate of drug-likeness (QED) is 0.538. The zero-order valence-corrected chi connectivity index (χ0v) is 19.7. The molecule has 0 aromatic carbocycles. The Morgan fingerprint density at radius 2 is 1.27 bits per heavy atom. The standard InChI is InChI=1S/2C9H16O2S2/c1-6-4-10-9(8(3)12-6)11-5-7(2)13-9;1-7-5-10-9(3-4-12-7)11-6-8(2)13-9/h6-8H,4-5H2,1-3H3;7-8H,3-6H2,1-2H3. The van der Waals surface area contributed by atoms with Crippen LogP contribution in [0.1, 0.15) is 41.0 Å². The van der Waals surface area contributed by atoms with Crippen LogP contribution in [0.25, 0.3) is 0 Å². The lowest BCUT2D eigenvalue weighted by atomic mass is 10.4. The summed E-state index contributed by atoms with van der Waals surface area (Å²) in [6.07, 6.45) is 1.02. The van der Waals surface area contributed by atoms with Crippen molar-refractivity contribution < 1.29 is 18.9 Å². The Kier molecular flexibility index (Phi) is 7.90. The topological polar surface area (TPSA) is 36.9 Å². The summed E-state index contributed by atoms with van der Waals surface area (Å²) in [5.41, 5.74) is 0. The van der Waals surface area contributed by atoms with E-state index >= 15 is 0 Å². The summed E-state index contributed by atoms with van der Waals surface area (Å²) in [7, 11) is 0. The normalized spacial score (nSPS) is 49.0. The SMILES string of the molecule is CC1COC2(CCS1)OCC(C)S2.CC1COC2(OCC(C)S2)C(C)S1. The molecule has 4 nitrogen and oxygen atoms in total. The summed E-state index contributed by atoms with van der Waals surface area (Å²) < 4.78 is 23.2. The molecule has 0 saturated carbocycles. The van der Waals surface area contributed by atoms with Crippen molar-refractivity contribution >= 4 is 47.0 Å². The molecular formula is C18H32O4S4. The molecule has 7 atom stereocenters. The van der Waals surface area contributed by atoms with Gasteiger partial charge in [0.05, 0.1) is 31.7 Å².